The summed E-state index contributed by atoms with van der Waals surface area (Å²) >= 11 is 0. The van der Waals surface area contributed by atoms with Gasteiger partial charge in [0.1, 0.15) is 0 Å². The monoisotopic (exact) mass is 306 g/mol. The summed E-state index contributed by atoms with van der Waals surface area (Å²) in [6.07, 6.45) is 1.34. The molecule has 4 rings (SSSR count). The van der Waals surface area contributed by atoms with Gasteiger partial charge in [-0.05, 0) is 37.5 Å². The van der Waals surface area contributed by atoms with Crippen LogP contribution in [0.25, 0.3) is 0 Å². The maximum atomic E-state index is 2.71. The summed E-state index contributed by atoms with van der Waals surface area (Å²) in [5, 5.41) is 0. The SMILES string of the molecule is Cc1ccc(N2CCN([C@@H]3C[C@@H]3c3ccccc3)CC2)c(C)c1. The normalized spacial score (nSPS) is 24.7. The van der Waals surface area contributed by atoms with Crippen LogP contribution < -0.4 is 4.90 Å². The summed E-state index contributed by atoms with van der Waals surface area (Å²) in [7, 11) is 0. The smallest absolute Gasteiger partial charge is 0.0396 e. The fraction of sp³-hybridized carbons (Fsp3) is 0.429. The molecule has 0 N–H and O–H groups in total. The van der Waals surface area contributed by atoms with Gasteiger partial charge in [-0.2, -0.15) is 0 Å². The third-order valence-corrected chi connectivity index (χ3v) is 5.46. The lowest BCUT2D eigenvalue weighted by Crippen LogP contribution is -2.47. The third kappa shape index (κ3) is 3.00. The van der Waals surface area contributed by atoms with Gasteiger partial charge in [-0.15, -0.1) is 0 Å². The molecule has 1 aliphatic carbocycles. The van der Waals surface area contributed by atoms with E-state index in [1.165, 1.54) is 41.9 Å². The number of piperazine rings is 1. The minimum atomic E-state index is 0.767. The molecule has 2 aliphatic rings. The summed E-state index contributed by atoms with van der Waals surface area (Å²) in [5.41, 5.74) is 5.71. The van der Waals surface area contributed by atoms with E-state index in [0.717, 1.165) is 25.0 Å². The quantitative estimate of drug-likeness (QED) is 0.846. The molecule has 1 aliphatic heterocycles. The fourth-order valence-electron chi connectivity index (χ4n) is 4.10. The molecule has 0 bridgehead atoms. The number of hydrogen-bond donors (Lipinski definition) is 0. The molecule has 2 aromatic rings. The van der Waals surface area contributed by atoms with Crippen LogP contribution >= 0.6 is 0 Å². The van der Waals surface area contributed by atoms with Gasteiger partial charge in [-0.1, -0.05) is 48.0 Å². The van der Waals surface area contributed by atoms with Crippen molar-refractivity contribution in [3.8, 4) is 0 Å². The highest BCUT2D eigenvalue weighted by molar-refractivity contribution is 5.54. The Labute approximate surface area is 139 Å². The zero-order valence-corrected chi connectivity index (χ0v) is 14.2. The topological polar surface area (TPSA) is 6.48 Å². The molecule has 1 heterocycles. The molecular formula is C21H26N2. The van der Waals surface area contributed by atoms with E-state index in [-0.39, 0.29) is 0 Å². The molecule has 120 valence electrons. The number of aryl methyl sites for hydroxylation is 2. The van der Waals surface area contributed by atoms with Crippen LogP contribution in [0.3, 0.4) is 0 Å². The van der Waals surface area contributed by atoms with Gasteiger partial charge in [-0.3, -0.25) is 4.90 Å². The molecular weight excluding hydrogens is 280 g/mol. The molecule has 23 heavy (non-hydrogen) atoms. The van der Waals surface area contributed by atoms with Gasteiger partial charge in [0, 0.05) is 43.8 Å². The van der Waals surface area contributed by atoms with Crippen molar-refractivity contribution >= 4 is 5.69 Å². The van der Waals surface area contributed by atoms with E-state index in [1.54, 1.807) is 0 Å². The standard InChI is InChI=1S/C21H26N2/c1-16-8-9-20(17(2)14-16)22-10-12-23(13-11-22)21-15-19(21)18-6-4-3-5-7-18/h3-9,14,19,21H,10-13,15H2,1-2H3/t19-,21-/m1/s1. The van der Waals surface area contributed by atoms with Crippen LogP contribution in [-0.4, -0.2) is 37.1 Å². The molecule has 1 saturated carbocycles. The van der Waals surface area contributed by atoms with Crippen molar-refractivity contribution in [3.05, 3.63) is 65.2 Å². The van der Waals surface area contributed by atoms with Gasteiger partial charge in [0.15, 0.2) is 0 Å². The van der Waals surface area contributed by atoms with Gasteiger partial charge in [0.05, 0.1) is 0 Å². The Hall–Kier alpha value is -1.80. The Kier molecular flexibility index (Phi) is 3.86. The van der Waals surface area contributed by atoms with Crippen molar-refractivity contribution in [1.29, 1.82) is 0 Å². The summed E-state index contributed by atoms with van der Waals surface area (Å²) in [5.74, 6) is 0.767. The molecule has 0 aromatic heterocycles. The molecule has 2 aromatic carbocycles. The number of nitrogens with zero attached hydrogens (tertiary/aromatic N) is 2. The molecule has 2 nitrogen and oxygen atoms in total. The molecule has 2 heteroatoms. The first-order valence-electron chi connectivity index (χ1n) is 8.83. The Morgan fingerprint density at radius 2 is 1.61 bits per heavy atom. The Morgan fingerprint density at radius 1 is 0.870 bits per heavy atom. The molecule has 2 atom stereocenters. The predicted molar refractivity (Wildman–Crippen MR) is 97.3 cm³/mol. The lowest BCUT2D eigenvalue weighted by atomic mass is 10.1. The number of benzene rings is 2. The summed E-state index contributed by atoms with van der Waals surface area (Å²) in [6, 6.07) is 18.6. The predicted octanol–water partition coefficient (Wildman–Crippen LogP) is 3.98. The van der Waals surface area contributed by atoms with Gasteiger partial charge >= 0.3 is 0 Å². The van der Waals surface area contributed by atoms with Crippen LogP contribution in [0, 0.1) is 13.8 Å². The first-order valence-corrected chi connectivity index (χ1v) is 8.83. The van der Waals surface area contributed by atoms with Gasteiger partial charge in [0.2, 0.25) is 0 Å². The summed E-state index contributed by atoms with van der Waals surface area (Å²) in [4.78, 5) is 5.27. The Bertz CT molecular complexity index is 671. The average molecular weight is 306 g/mol. The molecule has 0 radical (unpaired) electrons. The van der Waals surface area contributed by atoms with E-state index in [1.807, 2.05) is 0 Å². The number of rotatable bonds is 3. The van der Waals surface area contributed by atoms with Crippen molar-refractivity contribution in [2.24, 2.45) is 0 Å². The van der Waals surface area contributed by atoms with Crippen LogP contribution in [0.4, 0.5) is 5.69 Å². The van der Waals surface area contributed by atoms with Gasteiger partial charge in [-0.25, -0.2) is 0 Å². The molecule has 0 spiro atoms. The fourth-order valence-corrected chi connectivity index (χ4v) is 4.10. The lowest BCUT2D eigenvalue weighted by Gasteiger charge is -2.37. The van der Waals surface area contributed by atoms with Crippen molar-refractivity contribution in [2.75, 3.05) is 31.1 Å². The maximum Gasteiger partial charge on any atom is 0.0396 e. The van der Waals surface area contributed by atoms with Gasteiger partial charge in [0.25, 0.3) is 0 Å². The lowest BCUT2D eigenvalue weighted by molar-refractivity contribution is 0.244. The van der Waals surface area contributed by atoms with Crippen LogP contribution in [0.15, 0.2) is 48.5 Å². The molecule has 2 fully saturated rings. The summed E-state index contributed by atoms with van der Waals surface area (Å²) in [6.45, 7) is 9.11. The van der Waals surface area contributed by atoms with Crippen LogP contribution in [0.5, 0.6) is 0 Å². The number of hydrogen-bond acceptors (Lipinski definition) is 2. The Morgan fingerprint density at radius 3 is 2.30 bits per heavy atom. The number of anilines is 1. The van der Waals surface area contributed by atoms with E-state index in [0.29, 0.717) is 0 Å². The van der Waals surface area contributed by atoms with Gasteiger partial charge < -0.3 is 4.90 Å². The minimum absolute atomic E-state index is 0.767. The van der Waals surface area contributed by atoms with Crippen molar-refractivity contribution in [2.45, 2.75) is 32.2 Å². The van der Waals surface area contributed by atoms with E-state index in [4.69, 9.17) is 0 Å². The third-order valence-electron chi connectivity index (χ3n) is 5.46. The zero-order valence-electron chi connectivity index (χ0n) is 14.2. The summed E-state index contributed by atoms with van der Waals surface area (Å²) < 4.78 is 0. The first kappa shape index (κ1) is 14.8. The maximum absolute atomic E-state index is 2.71. The second-order valence-electron chi connectivity index (χ2n) is 7.13. The highest BCUT2D eigenvalue weighted by Gasteiger charge is 2.43. The largest absolute Gasteiger partial charge is 0.369 e. The van der Waals surface area contributed by atoms with E-state index < -0.39 is 0 Å². The molecule has 0 unspecified atom stereocenters. The van der Waals surface area contributed by atoms with E-state index >= 15 is 0 Å². The van der Waals surface area contributed by atoms with Crippen LogP contribution in [-0.2, 0) is 0 Å². The highest BCUT2D eigenvalue weighted by atomic mass is 15.3. The van der Waals surface area contributed by atoms with Crippen LogP contribution in [0.2, 0.25) is 0 Å². The second-order valence-corrected chi connectivity index (χ2v) is 7.13. The van der Waals surface area contributed by atoms with E-state index in [2.05, 4.69) is 72.2 Å². The molecule has 0 amide bonds. The van der Waals surface area contributed by atoms with Crippen molar-refractivity contribution < 1.29 is 0 Å². The molecule has 1 saturated heterocycles. The highest BCUT2D eigenvalue weighted by Crippen LogP contribution is 2.44. The van der Waals surface area contributed by atoms with Crippen LogP contribution in [0.1, 0.15) is 29.0 Å². The van der Waals surface area contributed by atoms with Crippen molar-refractivity contribution in [3.63, 3.8) is 0 Å². The van der Waals surface area contributed by atoms with Crippen molar-refractivity contribution in [1.82, 2.24) is 4.90 Å². The zero-order chi connectivity index (χ0) is 15.8. The second kappa shape index (κ2) is 6.01. The first-order chi connectivity index (χ1) is 11.2. The van der Waals surface area contributed by atoms with E-state index in [9.17, 15) is 0 Å². The Balaban J connectivity index is 1.37. The average Bonchev–Trinajstić information content (AvgIpc) is 3.37. The minimum Gasteiger partial charge on any atom is -0.369 e.